The lowest BCUT2D eigenvalue weighted by atomic mass is 9.93. The minimum Gasteiger partial charge on any atom is -0.493 e. The second-order valence-corrected chi connectivity index (χ2v) is 7.18. The zero-order valence-corrected chi connectivity index (χ0v) is 18.3. The van der Waals surface area contributed by atoms with Gasteiger partial charge in [0.15, 0.2) is 11.5 Å². The van der Waals surface area contributed by atoms with Gasteiger partial charge in [-0.15, -0.1) is 0 Å². The van der Waals surface area contributed by atoms with Crippen molar-refractivity contribution < 1.29 is 28.6 Å². The molecule has 0 saturated carbocycles. The first-order chi connectivity index (χ1) is 15.5. The van der Waals surface area contributed by atoms with Crippen molar-refractivity contribution in [1.29, 1.82) is 0 Å². The molecule has 0 spiro atoms. The predicted octanol–water partition coefficient (Wildman–Crippen LogP) is 3.89. The number of unbranched alkanes of at least 4 members (excludes halogenated alkanes) is 1. The first-order valence-electron chi connectivity index (χ1n) is 10.3. The van der Waals surface area contributed by atoms with Crippen LogP contribution >= 0.6 is 0 Å². The van der Waals surface area contributed by atoms with Gasteiger partial charge in [0.25, 0.3) is 0 Å². The number of rotatable bonds is 8. The van der Waals surface area contributed by atoms with E-state index in [1.54, 1.807) is 48.5 Å². The summed E-state index contributed by atoms with van der Waals surface area (Å²) in [6.45, 7) is 2.03. The SMILES string of the molecule is CCCCC1=C(C(=O)OC)C(c2ccc(OC(=O)c3ccccc3)c(OC)c2)NC(=O)N1. The summed E-state index contributed by atoms with van der Waals surface area (Å²) in [5.41, 5.74) is 1.86. The van der Waals surface area contributed by atoms with Crippen molar-refractivity contribution in [2.45, 2.75) is 32.2 Å². The zero-order chi connectivity index (χ0) is 23.1. The Morgan fingerprint density at radius 2 is 1.75 bits per heavy atom. The lowest BCUT2D eigenvalue weighted by Gasteiger charge is -2.29. The molecule has 0 saturated heterocycles. The molecule has 2 N–H and O–H groups in total. The first kappa shape index (κ1) is 22.9. The van der Waals surface area contributed by atoms with E-state index in [1.807, 2.05) is 6.92 Å². The third-order valence-corrected chi connectivity index (χ3v) is 5.07. The Morgan fingerprint density at radius 1 is 1.00 bits per heavy atom. The van der Waals surface area contributed by atoms with Crippen LogP contribution in [-0.2, 0) is 9.53 Å². The molecular weight excluding hydrogens is 412 g/mol. The van der Waals surface area contributed by atoms with Crippen LogP contribution in [0, 0.1) is 0 Å². The number of ether oxygens (including phenoxy) is 3. The van der Waals surface area contributed by atoms with E-state index >= 15 is 0 Å². The van der Waals surface area contributed by atoms with E-state index in [2.05, 4.69) is 10.6 Å². The molecule has 3 rings (SSSR count). The fourth-order valence-electron chi connectivity index (χ4n) is 3.45. The van der Waals surface area contributed by atoms with E-state index in [0.29, 0.717) is 34.6 Å². The quantitative estimate of drug-likeness (QED) is 0.479. The number of hydrogen-bond acceptors (Lipinski definition) is 6. The molecule has 32 heavy (non-hydrogen) atoms. The standard InChI is InChI=1S/C24H26N2O6/c1-4-5-11-17-20(23(28)31-3)21(26-24(29)25-17)16-12-13-18(19(14-16)30-2)32-22(27)15-9-7-6-8-10-15/h6-10,12-14,21H,4-5,11H2,1-3H3,(H2,25,26,29). The summed E-state index contributed by atoms with van der Waals surface area (Å²) in [4.78, 5) is 37.3. The summed E-state index contributed by atoms with van der Waals surface area (Å²) in [5, 5.41) is 5.50. The summed E-state index contributed by atoms with van der Waals surface area (Å²) in [6.07, 6.45) is 2.25. The Labute approximate surface area is 186 Å². The van der Waals surface area contributed by atoms with Gasteiger partial charge in [0, 0.05) is 5.70 Å². The maximum absolute atomic E-state index is 12.6. The zero-order valence-electron chi connectivity index (χ0n) is 18.3. The summed E-state index contributed by atoms with van der Waals surface area (Å²) < 4.78 is 15.9. The van der Waals surface area contributed by atoms with Gasteiger partial charge < -0.3 is 24.8 Å². The van der Waals surface area contributed by atoms with Crippen molar-refractivity contribution >= 4 is 18.0 Å². The second-order valence-electron chi connectivity index (χ2n) is 7.18. The number of carbonyl (C=O) groups is 3. The first-order valence-corrected chi connectivity index (χ1v) is 10.3. The van der Waals surface area contributed by atoms with Crippen LogP contribution in [-0.4, -0.2) is 32.2 Å². The number of benzene rings is 2. The van der Waals surface area contributed by atoms with Crippen LogP contribution in [0.25, 0.3) is 0 Å². The molecule has 1 unspecified atom stereocenters. The fraction of sp³-hybridized carbons (Fsp3) is 0.292. The number of amides is 2. The van der Waals surface area contributed by atoms with Crippen LogP contribution in [0.1, 0.15) is 48.1 Å². The van der Waals surface area contributed by atoms with E-state index in [4.69, 9.17) is 14.2 Å². The lowest BCUT2D eigenvalue weighted by Crippen LogP contribution is -2.45. The summed E-state index contributed by atoms with van der Waals surface area (Å²) >= 11 is 0. The van der Waals surface area contributed by atoms with Crippen LogP contribution in [0.4, 0.5) is 4.79 Å². The molecule has 1 aliphatic heterocycles. The Kier molecular flexibility index (Phi) is 7.49. The van der Waals surface area contributed by atoms with Gasteiger partial charge in [-0.25, -0.2) is 14.4 Å². The second kappa shape index (κ2) is 10.5. The monoisotopic (exact) mass is 438 g/mol. The maximum atomic E-state index is 12.6. The Hall–Kier alpha value is -3.81. The number of nitrogens with one attached hydrogen (secondary N) is 2. The normalized spacial score (nSPS) is 15.5. The average molecular weight is 438 g/mol. The maximum Gasteiger partial charge on any atom is 0.343 e. The van der Waals surface area contributed by atoms with Crippen molar-refractivity contribution in [1.82, 2.24) is 10.6 Å². The minimum atomic E-state index is -0.740. The summed E-state index contributed by atoms with van der Waals surface area (Å²) in [5.74, 6) is -0.546. The van der Waals surface area contributed by atoms with E-state index in [-0.39, 0.29) is 5.75 Å². The fourth-order valence-corrected chi connectivity index (χ4v) is 3.45. The average Bonchev–Trinajstić information content (AvgIpc) is 2.82. The minimum absolute atomic E-state index is 0.222. The molecule has 1 aliphatic rings. The Morgan fingerprint density at radius 3 is 2.41 bits per heavy atom. The van der Waals surface area contributed by atoms with E-state index in [9.17, 15) is 14.4 Å². The molecule has 1 atom stereocenters. The van der Waals surface area contributed by atoms with Gasteiger partial charge in [0.05, 0.1) is 31.4 Å². The van der Waals surface area contributed by atoms with Gasteiger partial charge in [-0.1, -0.05) is 37.6 Å². The highest BCUT2D eigenvalue weighted by Gasteiger charge is 2.33. The third-order valence-electron chi connectivity index (χ3n) is 5.07. The van der Waals surface area contributed by atoms with E-state index < -0.39 is 24.0 Å². The number of urea groups is 1. The summed E-state index contributed by atoms with van der Waals surface area (Å²) in [7, 11) is 2.75. The van der Waals surface area contributed by atoms with E-state index in [0.717, 1.165) is 12.8 Å². The molecule has 0 aromatic heterocycles. The summed E-state index contributed by atoms with van der Waals surface area (Å²) in [6, 6.07) is 12.3. The van der Waals surface area contributed by atoms with Crippen LogP contribution in [0.5, 0.6) is 11.5 Å². The molecule has 2 aromatic carbocycles. The number of methoxy groups -OCH3 is 2. The highest BCUT2D eigenvalue weighted by molar-refractivity contribution is 5.95. The van der Waals surface area contributed by atoms with Gasteiger partial charge in [0.2, 0.25) is 0 Å². The lowest BCUT2D eigenvalue weighted by molar-refractivity contribution is -0.136. The van der Waals surface area contributed by atoms with Crippen LogP contribution in [0.2, 0.25) is 0 Å². The predicted molar refractivity (Wildman–Crippen MR) is 117 cm³/mol. The van der Waals surface area contributed by atoms with E-state index in [1.165, 1.54) is 14.2 Å². The Balaban J connectivity index is 1.95. The van der Waals surface area contributed by atoms with Crippen LogP contribution in [0.3, 0.4) is 0 Å². The molecule has 8 nitrogen and oxygen atoms in total. The number of hydrogen-bond donors (Lipinski definition) is 2. The molecule has 2 aromatic rings. The Bertz CT molecular complexity index is 1030. The highest BCUT2D eigenvalue weighted by Crippen LogP contribution is 2.35. The van der Waals surface area contributed by atoms with Crippen molar-refractivity contribution in [3.8, 4) is 11.5 Å². The largest absolute Gasteiger partial charge is 0.493 e. The van der Waals surface area contributed by atoms with Gasteiger partial charge in [-0.05, 0) is 42.7 Å². The molecular formula is C24H26N2O6. The molecule has 168 valence electrons. The number of allylic oxidation sites excluding steroid dienone is 1. The molecule has 2 amide bonds. The van der Waals surface area contributed by atoms with Crippen molar-refractivity contribution in [3.63, 3.8) is 0 Å². The molecule has 1 heterocycles. The smallest absolute Gasteiger partial charge is 0.343 e. The van der Waals surface area contributed by atoms with Gasteiger partial charge >= 0.3 is 18.0 Å². The topological polar surface area (TPSA) is 103 Å². The molecule has 0 radical (unpaired) electrons. The number of esters is 2. The molecule has 8 heteroatoms. The van der Waals surface area contributed by atoms with Crippen molar-refractivity contribution in [2.24, 2.45) is 0 Å². The van der Waals surface area contributed by atoms with Gasteiger partial charge in [-0.3, -0.25) is 0 Å². The van der Waals surface area contributed by atoms with Crippen LogP contribution < -0.4 is 20.1 Å². The highest BCUT2D eigenvalue weighted by atomic mass is 16.6. The van der Waals surface area contributed by atoms with Crippen molar-refractivity contribution in [3.05, 3.63) is 70.9 Å². The van der Waals surface area contributed by atoms with Crippen LogP contribution in [0.15, 0.2) is 59.8 Å². The van der Waals surface area contributed by atoms with Crippen molar-refractivity contribution in [2.75, 3.05) is 14.2 Å². The van der Waals surface area contributed by atoms with Gasteiger partial charge in [-0.2, -0.15) is 0 Å². The molecule has 0 bridgehead atoms. The molecule has 0 fully saturated rings. The molecule has 0 aliphatic carbocycles. The van der Waals surface area contributed by atoms with Gasteiger partial charge in [0.1, 0.15) is 0 Å². The number of carbonyl (C=O) groups excluding carboxylic acids is 3. The third kappa shape index (κ3) is 5.08.